The van der Waals surface area contributed by atoms with E-state index in [1.54, 1.807) is 11.3 Å². The minimum absolute atomic E-state index is 0.0483. The summed E-state index contributed by atoms with van der Waals surface area (Å²) in [7, 11) is -3.16. The minimum Gasteiger partial charge on any atom is -0.339 e. The van der Waals surface area contributed by atoms with Crippen LogP contribution in [0.2, 0.25) is 0 Å². The van der Waals surface area contributed by atoms with Gasteiger partial charge in [-0.3, -0.25) is 9.59 Å². The number of thiophene rings is 1. The molecule has 2 aliphatic rings. The highest BCUT2D eigenvalue weighted by atomic mass is 32.2. The number of rotatable bonds is 6. The van der Waals surface area contributed by atoms with Crippen LogP contribution in [0.3, 0.4) is 0 Å². The zero-order chi connectivity index (χ0) is 22.0. The summed E-state index contributed by atoms with van der Waals surface area (Å²) in [4.78, 5) is 26.4. The fraction of sp³-hybridized carbons (Fsp3) is 0.409. The monoisotopic (exact) mass is 459 g/mol. The number of nitrogens with zero attached hydrogens (tertiary/aromatic N) is 2. The van der Waals surface area contributed by atoms with Crippen LogP contribution in [0.4, 0.5) is 0 Å². The Morgan fingerprint density at radius 2 is 2.03 bits per heavy atom. The fourth-order valence-corrected chi connectivity index (χ4v) is 6.42. The quantitative estimate of drug-likeness (QED) is 0.718. The molecular weight excluding hydrogens is 434 g/mol. The van der Waals surface area contributed by atoms with Crippen LogP contribution in [0.1, 0.15) is 48.2 Å². The van der Waals surface area contributed by atoms with Crippen LogP contribution in [0, 0.1) is 0 Å². The standard InChI is InChI=1S/C22H25N3O4S2/c1-2-15-5-7-16(8-6-15)21(19-4-3-12-30-19)23-22(27)18-9-10-20(26)25(24-18)17-11-13-31(28,29)14-17/h3-8,12,17,21H,2,9-11,13-14H2,1H3,(H,23,27). The average molecular weight is 460 g/mol. The van der Waals surface area contributed by atoms with Gasteiger partial charge in [0.15, 0.2) is 9.84 Å². The zero-order valence-electron chi connectivity index (χ0n) is 17.3. The summed E-state index contributed by atoms with van der Waals surface area (Å²) < 4.78 is 23.6. The normalized spacial score (nSPS) is 21.6. The van der Waals surface area contributed by atoms with E-state index in [-0.39, 0.29) is 47.9 Å². The van der Waals surface area contributed by atoms with Gasteiger partial charge < -0.3 is 5.32 Å². The van der Waals surface area contributed by atoms with Crippen LogP contribution in [0.5, 0.6) is 0 Å². The number of carbonyl (C=O) groups excluding carboxylic acids is 2. The second-order valence-corrected chi connectivity index (χ2v) is 11.1. The van der Waals surface area contributed by atoms with E-state index >= 15 is 0 Å². The lowest BCUT2D eigenvalue weighted by molar-refractivity contribution is -0.133. The van der Waals surface area contributed by atoms with E-state index in [9.17, 15) is 18.0 Å². The molecule has 0 saturated carbocycles. The Balaban J connectivity index is 1.56. The van der Waals surface area contributed by atoms with Crippen molar-refractivity contribution in [1.82, 2.24) is 10.3 Å². The van der Waals surface area contributed by atoms with Crippen LogP contribution in [-0.4, -0.2) is 48.5 Å². The number of hydrogen-bond acceptors (Lipinski definition) is 6. The Bertz CT molecular complexity index is 1090. The van der Waals surface area contributed by atoms with Crippen molar-refractivity contribution in [3.05, 3.63) is 57.8 Å². The third-order valence-electron chi connectivity index (χ3n) is 5.70. The lowest BCUT2D eigenvalue weighted by atomic mass is 10.0. The summed E-state index contributed by atoms with van der Waals surface area (Å²) in [5.74, 6) is -0.620. The molecule has 2 aromatic rings. The van der Waals surface area contributed by atoms with Crippen LogP contribution < -0.4 is 5.32 Å². The van der Waals surface area contributed by atoms with E-state index in [4.69, 9.17) is 0 Å². The number of nitrogens with one attached hydrogen (secondary N) is 1. The number of aryl methyl sites for hydroxylation is 1. The molecule has 4 rings (SSSR count). The van der Waals surface area contributed by atoms with Crippen LogP contribution in [0.15, 0.2) is 46.9 Å². The molecule has 7 nitrogen and oxygen atoms in total. The Morgan fingerprint density at radius 1 is 1.26 bits per heavy atom. The maximum atomic E-state index is 13.1. The molecule has 3 heterocycles. The first-order valence-electron chi connectivity index (χ1n) is 10.4. The third-order valence-corrected chi connectivity index (χ3v) is 8.39. The topological polar surface area (TPSA) is 95.9 Å². The van der Waals surface area contributed by atoms with Crippen LogP contribution in [0.25, 0.3) is 0 Å². The Kier molecular flexibility index (Phi) is 6.24. The molecule has 0 radical (unpaired) electrons. The summed E-state index contributed by atoms with van der Waals surface area (Å²) in [6.45, 7) is 2.09. The average Bonchev–Trinajstić information content (AvgIpc) is 3.42. The third kappa shape index (κ3) is 4.88. The Morgan fingerprint density at radius 3 is 2.65 bits per heavy atom. The highest BCUT2D eigenvalue weighted by molar-refractivity contribution is 7.91. The summed E-state index contributed by atoms with van der Waals surface area (Å²) in [6, 6.07) is 11.3. The van der Waals surface area contributed by atoms with Gasteiger partial charge in [-0.25, -0.2) is 13.4 Å². The van der Waals surface area contributed by atoms with Crippen molar-refractivity contribution >= 4 is 38.7 Å². The van der Waals surface area contributed by atoms with Gasteiger partial charge in [-0.05, 0) is 35.4 Å². The van der Waals surface area contributed by atoms with Crippen molar-refractivity contribution in [3.8, 4) is 0 Å². The van der Waals surface area contributed by atoms with Gasteiger partial charge in [0.25, 0.3) is 5.91 Å². The summed E-state index contributed by atoms with van der Waals surface area (Å²) in [5.41, 5.74) is 2.45. The van der Waals surface area contributed by atoms with E-state index in [2.05, 4.69) is 29.5 Å². The van der Waals surface area contributed by atoms with Gasteiger partial charge in [-0.1, -0.05) is 37.3 Å². The molecule has 1 saturated heterocycles. The van der Waals surface area contributed by atoms with E-state index in [0.717, 1.165) is 16.9 Å². The molecule has 0 spiro atoms. The highest BCUT2D eigenvalue weighted by Gasteiger charge is 2.37. The van der Waals surface area contributed by atoms with Gasteiger partial charge in [0.1, 0.15) is 5.71 Å². The molecule has 31 heavy (non-hydrogen) atoms. The van der Waals surface area contributed by atoms with Crippen molar-refractivity contribution in [2.45, 2.75) is 44.7 Å². The second kappa shape index (κ2) is 8.92. The van der Waals surface area contributed by atoms with E-state index in [1.807, 2.05) is 29.6 Å². The van der Waals surface area contributed by atoms with Crippen molar-refractivity contribution in [3.63, 3.8) is 0 Å². The molecule has 164 valence electrons. The lowest BCUT2D eigenvalue weighted by Gasteiger charge is -2.28. The van der Waals surface area contributed by atoms with Gasteiger partial charge in [-0.2, -0.15) is 5.10 Å². The largest absolute Gasteiger partial charge is 0.339 e. The Hall–Kier alpha value is -2.52. The number of hydrazone groups is 1. The summed E-state index contributed by atoms with van der Waals surface area (Å²) in [5, 5.41) is 10.6. The zero-order valence-corrected chi connectivity index (χ0v) is 18.9. The van der Waals surface area contributed by atoms with Crippen LogP contribution in [-0.2, 0) is 25.8 Å². The van der Waals surface area contributed by atoms with Crippen molar-refractivity contribution in [2.75, 3.05) is 11.5 Å². The van der Waals surface area contributed by atoms with Gasteiger partial charge in [0, 0.05) is 17.7 Å². The van der Waals surface area contributed by atoms with Gasteiger partial charge >= 0.3 is 0 Å². The van der Waals surface area contributed by atoms with Gasteiger partial charge in [0.05, 0.1) is 23.6 Å². The molecule has 1 aromatic carbocycles. The van der Waals surface area contributed by atoms with Crippen LogP contribution >= 0.6 is 11.3 Å². The SMILES string of the molecule is CCc1ccc(C(NC(=O)C2=NN(C3CCS(=O)(=O)C3)C(=O)CC2)c2cccs2)cc1. The molecule has 2 amide bonds. The number of amides is 2. The fourth-order valence-electron chi connectivity index (χ4n) is 3.92. The lowest BCUT2D eigenvalue weighted by Crippen LogP contribution is -2.44. The molecule has 9 heteroatoms. The predicted octanol–water partition coefficient (Wildman–Crippen LogP) is 2.68. The smallest absolute Gasteiger partial charge is 0.268 e. The maximum Gasteiger partial charge on any atom is 0.268 e. The predicted molar refractivity (Wildman–Crippen MR) is 121 cm³/mol. The number of carbonyl (C=O) groups is 2. The van der Waals surface area contributed by atoms with Crippen molar-refractivity contribution < 1.29 is 18.0 Å². The molecule has 1 aromatic heterocycles. The molecule has 2 unspecified atom stereocenters. The number of benzene rings is 1. The molecule has 0 bridgehead atoms. The molecule has 2 aliphatic heterocycles. The highest BCUT2D eigenvalue weighted by Crippen LogP contribution is 2.27. The number of hydrogen-bond donors (Lipinski definition) is 1. The molecular formula is C22H25N3O4S2. The maximum absolute atomic E-state index is 13.1. The Labute approximate surface area is 186 Å². The molecule has 1 N–H and O–H groups in total. The van der Waals surface area contributed by atoms with E-state index < -0.39 is 15.9 Å². The minimum atomic E-state index is -3.16. The molecule has 2 atom stereocenters. The van der Waals surface area contributed by atoms with Gasteiger partial charge in [0.2, 0.25) is 5.91 Å². The first kappa shape index (κ1) is 21.7. The van der Waals surface area contributed by atoms with E-state index in [1.165, 1.54) is 10.6 Å². The molecule has 1 fully saturated rings. The summed E-state index contributed by atoms with van der Waals surface area (Å²) >= 11 is 1.56. The van der Waals surface area contributed by atoms with Crippen molar-refractivity contribution in [1.29, 1.82) is 0 Å². The first-order valence-corrected chi connectivity index (χ1v) is 13.1. The second-order valence-electron chi connectivity index (χ2n) is 7.86. The van der Waals surface area contributed by atoms with Crippen molar-refractivity contribution in [2.24, 2.45) is 5.10 Å². The van der Waals surface area contributed by atoms with E-state index in [0.29, 0.717) is 6.42 Å². The first-order chi connectivity index (χ1) is 14.9. The van der Waals surface area contributed by atoms with Gasteiger partial charge in [-0.15, -0.1) is 11.3 Å². The summed E-state index contributed by atoms with van der Waals surface area (Å²) in [6.07, 6.45) is 1.69. The molecule has 0 aliphatic carbocycles. The number of sulfone groups is 1.